The Bertz CT molecular complexity index is 1310. The van der Waals surface area contributed by atoms with Crippen molar-refractivity contribution in [3.05, 3.63) is 71.3 Å². The molecule has 2 bridgehead atoms. The zero-order chi connectivity index (χ0) is 27.1. The summed E-state index contributed by atoms with van der Waals surface area (Å²) >= 11 is 6.11. The average Bonchev–Trinajstić information content (AvgIpc) is 3.57. The van der Waals surface area contributed by atoms with E-state index in [4.69, 9.17) is 21.1 Å². The Morgan fingerprint density at radius 2 is 1.87 bits per heavy atom. The molecule has 5 atom stereocenters. The summed E-state index contributed by atoms with van der Waals surface area (Å²) in [5.74, 6) is -1.69. The minimum atomic E-state index is -1.21. The molecule has 1 spiro atoms. The number of fused-ring (bicyclic) bond motifs is 1. The first kappa shape index (κ1) is 25.9. The van der Waals surface area contributed by atoms with Gasteiger partial charge in [0.05, 0.1) is 25.0 Å². The average molecular weight is 550 g/mol. The number of methoxy groups -OCH3 is 1. The van der Waals surface area contributed by atoms with Gasteiger partial charge in [-0.15, -0.1) is 0 Å². The lowest BCUT2D eigenvalue weighted by molar-refractivity contribution is -0.142. The maximum atomic E-state index is 14.1. The van der Waals surface area contributed by atoms with Crippen molar-refractivity contribution < 1.29 is 23.9 Å². The number of hydrogen-bond acceptors (Lipinski definition) is 5. The predicted octanol–water partition coefficient (Wildman–Crippen LogP) is 4.09. The molecule has 1 aliphatic carbocycles. The predicted molar refractivity (Wildman–Crippen MR) is 146 cm³/mol. The fourth-order valence-electron chi connectivity index (χ4n) is 6.68. The molecule has 39 heavy (non-hydrogen) atoms. The SMILES string of the molecule is COc1ccc(CN2C(=O)[C@H]3[C@@H](C(=O)Nc4cccc(Cl)c4)[C@H]4C=C[C@@]3(O4)[C@@H]2C(=O)NC2CCCCC2)cc1. The molecule has 3 amide bonds. The first-order chi connectivity index (χ1) is 18.9. The molecule has 204 valence electrons. The van der Waals surface area contributed by atoms with Gasteiger partial charge in [-0.1, -0.05) is 61.2 Å². The molecule has 2 aromatic rings. The lowest BCUT2D eigenvalue weighted by atomic mass is 9.74. The first-order valence-electron chi connectivity index (χ1n) is 13.6. The van der Waals surface area contributed by atoms with Crippen molar-refractivity contribution in [3.63, 3.8) is 0 Å². The molecule has 0 radical (unpaired) electrons. The maximum Gasteiger partial charge on any atom is 0.246 e. The fraction of sp³-hybridized carbons (Fsp3) is 0.433. The molecule has 2 N–H and O–H groups in total. The summed E-state index contributed by atoms with van der Waals surface area (Å²) in [5.41, 5.74) is 0.193. The second-order valence-electron chi connectivity index (χ2n) is 10.9. The van der Waals surface area contributed by atoms with Crippen LogP contribution in [0.5, 0.6) is 5.75 Å². The third-order valence-electron chi connectivity index (χ3n) is 8.48. The molecular formula is C30H32ClN3O5. The van der Waals surface area contributed by atoms with Crippen LogP contribution in [-0.2, 0) is 25.7 Å². The van der Waals surface area contributed by atoms with E-state index < -0.39 is 29.6 Å². The Balaban J connectivity index is 1.32. The number of likely N-dealkylation sites (tertiary alicyclic amines) is 1. The van der Waals surface area contributed by atoms with Crippen molar-refractivity contribution in [2.45, 2.75) is 62.4 Å². The summed E-state index contributed by atoms with van der Waals surface area (Å²) in [6.45, 7) is 0.217. The van der Waals surface area contributed by atoms with Gasteiger partial charge in [0, 0.05) is 23.3 Å². The van der Waals surface area contributed by atoms with E-state index in [2.05, 4.69) is 10.6 Å². The van der Waals surface area contributed by atoms with E-state index in [-0.39, 0.29) is 30.3 Å². The number of hydrogen-bond donors (Lipinski definition) is 2. The molecule has 6 rings (SSSR count). The van der Waals surface area contributed by atoms with Gasteiger partial charge in [0.25, 0.3) is 0 Å². The second-order valence-corrected chi connectivity index (χ2v) is 11.3. The summed E-state index contributed by atoms with van der Waals surface area (Å²) in [6.07, 6.45) is 8.22. The van der Waals surface area contributed by atoms with Crippen molar-refractivity contribution in [3.8, 4) is 5.75 Å². The smallest absolute Gasteiger partial charge is 0.246 e. The highest BCUT2D eigenvalue weighted by molar-refractivity contribution is 6.30. The van der Waals surface area contributed by atoms with Gasteiger partial charge >= 0.3 is 0 Å². The van der Waals surface area contributed by atoms with E-state index in [9.17, 15) is 14.4 Å². The van der Waals surface area contributed by atoms with Crippen molar-refractivity contribution in [1.82, 2.24) is 10.2 Å². The topological polar surface area (TPSA) is 97.0 Å². The molecule has 3 fully saturated rings. The minimum Gasteiger partial charge on any atom is -0.497 e. The Morgan fingerprint density at radius 1 is 1.10 bits per heavy atom. The van der Waals surface area contributed by atoms with Crippen LogP contribution in [0.15, 0.2) is 60.7 Å². The zero-order valence-corrected chi connectivity index (χ0v) is 22.5. The standard InChI is InChI=1S/C30H32ClN3O5/c1-38-22-12-10-18(11-13-22)17-34-26(28(36)32-20-7-3-2-4-8-20)30-15-14-23(39-30)24(25(30)29(34)37)27(35)33-21-9-5-6-19(31)16-21/h5-6,9-16,20,23-26H,2-4,7-8,17H2,1H3,(H,32,36)(H,33,35)/t23-,24+,25-,26+,30+/m1/s1. The number of anilines is 1. The van der Waals surface area contributed by atoms with Crippen molar-refractivity contribution >= 4 is 35.0 Å². The van der Waals surface area contributed by atoms with E-state index >= 15 is 0 Å². The van der Waals surface area contributed by atoms with Gasteiger partial charge in [-0.2, -0.15) is 0 Å². The number of ether oxygens (including phenoxy) is 2. The first-order valence-corrected chi connectivity index (χ1v) is 13.9. The van der Waals surface area contributed by atoms with Crippen LogP contribution >= 0.6 is 11.6 Å². The molecule has 2 saturated heterocycles. The van der Waals surface area contributed by atoms with Gasteiger partial charge in [0.1, 0.15) is 17.4 Å². The normalized spacial score (nSPS) is 29.4. The zero-order valence-electron chi connectivity index (χ0n) is 21.8. The van der Waals surface area contributed by atoms with Gasteiger partial charge in [-0.05, 0) is 48.7 Å². The number of rotatable bonds is 7. The van der Waals surface area contributed by atoms with Gasteiger partial charge in [-0.3, -0.25) is 14.4 Å². The minimum absolute atomic E-state index is 0.0733. The molecule has 1 saturated carbocycles. The highest BCUT2D eigenvalue weighted by Gasteiger charge is 2.72. The Hall–Kier alpha value is -3.36. The second kappa shape index (κ2) is 10.3. The van der Waals surface area contributed by atoms with Gasteiger partial charge in [0.2, 0.25) is 17.7 Å². The Kier molecular flexibility index (Phi) is 6.85. The maximum absolute atomic E-state index is 14.1. The third kappa shape index (κ3) is 4.59. The monoisotopic (exact) mass is 549 g/mol. The number of carbonyl (C=O) groups excluding carboxylic acids is 3. The molecule has 0 aromatic heterocycles. The lowest BCUT2D eigenvalue weighted by Gasteiger charge is -2.34. The Morgan fingerprint density at radius 3 is 2.59 bits per heavy atom. The summed E-state index contributed by atoms with van der Waals surface area (Å²) in [4.78, 5) is 43.2. The summed E-state index contributed by atoms with van der Waals surface area (Å²) in [6, 6.07) is 13.5. The number of carbonyl (C=O) groups is 3. The summed E-state index contributed by atoms with van der Waals surface area (Å²) < 4.78 is 11.7. The van der Waals surface area contributed by atoms with Gasteiger partial charge in [-0.25, -0.2) is 0 Å². The van der Waals surface area contributed by atoms with Crippen molar-refractivity contribution in [2.75, 3.05) is 12.4 Å². The summed E-state index contributed by atoms with van der Waals surface area (Å²) in [5, 5.41) is 6.61. The molecule has 3 heterocycles. The van der Waals surface area contributed by atoms with E-state index in [0.717, 1.165) is 31.2 Å². The van der Waals surface area contributed by atoms with Crippen LogP contribution < -0.4 is 15.4 Å². The highest BCUT2D eigenvalue weighted by atomic mass is 35.5. The van der Waals surface area contributed by atoms with Crippen LogP contribution in [0.1, 0.15) is 37.7 Å². The van der Waals surface area contributed by atoms with Gasteiger partial charge in [0.15, 0.2) is 0 Å². The quantitative estimate of drug-likeness (QED) is 0.507. The van der Waals surface area contributed by atoms with Crippen LogP contribution in [0.25, 0.3) is 0 Å². The van der Waals surface area contributed by atoms with E-state index in [0.29, 0.717) is 16.5 Å². The molecule has 3 aliphatic heterocycles. The van der Waals surface area contributed by atoms with E-state index in [1.807, 2.05) is 36.4 Å². The number of nitrogens with one attached hydrogen (secondary N) is 2. The molecule has 0 unspecified atom stereocenters. The van der Waals surface area contributed by atoms with Gasteiger partial charge < -0.3 is 25.0 Å². The number of amides is 3. The molecule has 9 heteroatoms. The van der Waals surface area contributed by atoms with E-state index in [1.54, 1.807) is 36.3 Å². The Labute approximate surface area is 232 Å². The highest BCUT2D eigenvalue weighted by Crippen LogP contribution is 2.55. The van der Waals surface area contributed by atoms with E-state index in [1.165, 1.54) is 6.42 Å². The fourth-order valence-corrected chi connectivity index (χ4v) is 6.87. The van der Waals surface area contributed by atoms with Crippen molar-refractivity contribution in [1.29, 1.82) is 0 Å². The van der Waals surface area contributed by atoms with Crippen LogP contribution in [0.2, 0.25) is 5.02 Å². The summed E-state index contributed by atoms with van der Waals surface area (Å²) in [7, 11) is 1.60. The van der Waals surface area contributed by atoms with Crippen molar-refractivity contribution in [2.24, 2.45) is 11.8 Å². The number of halogens is 1. The molecule has 4 aliphatic rings. The van der Waals surface area contributed by atoms with Crippen LogP contribution in [0, 0.1) is 11.8 Å². The lowest BCUT2D eigenvalue weighted by Crippen LogP contribution is -2.56. The molecular weight excluding hydrogens is 518 g/mol. The number of nitrogens with zero attached hydrogens (tertiary/aromatic N) is 1. The third-order valence-corrected chi connectivity index (χ3v) is 8.72. The van der Waals surface area contributed by atoms with Crippen LogP contribution in [0.4, 0.5) is 5.69 Å². The molecule has 8 nitrogen and oxygen atoms in total. The van der Waals surface area contributed by atoms with Crippen LogP contribution in [-0.4, -0.2) is 53.5 Å². The molecule has 2 aromatic carbocycles. The van der Waals surface area contributed by atoms with Crippen LogP contribution in [0.3, 0.4) is 0 Å². The number of benzene rings is 2. The largest absolute Gasteiger partial charge is 0.497 e.